The molecule has 0 heterocycles. The second-order valence-electron chi connectivity index (χ2n) is 5.07. The smallest absolute Gasteiger partial charge is 0.302 e. The van der Waals surface area contributed by atoms with E-state index in [1.165, 1.54) is 6.92 Å². The zero-order valence-corrected chi connectivity index (χ0v) is 15.4. The van der Waals surface area contributed by atoms with Gasteiger partial charge in [0.05, 0.1) is 44.7 Å². The largest absolute Gasteiger partial charge is 0.463 e. The molecule has 0 spiro atoms. The minimum Gasteiger partial charge on any atom is -0.463 e. The topological polar surface area (TPSA) is 83.5 Å². The average Bonchev–Trinajstić information content (AvgIpc) is 2.51. The number of methoxy groups -OCH3 is 1. The molecule has 3 atom stereocenters. The Hall–Kier alpha value is -0.730. The van der Waals surface area contributed by atoms with Crippen LogP contribution in [-0.4, -0.2) is 76.1 Å². The SMILES string of the molecule is CCOC(C)COC(C)COC(C)CO.COCCOC(C)=O. The minimum absolute atomic E-state index is 0.0295. The zero-order valence-electron chi connectivity index (χ0n) is 15.4. The van der Waals surface area contributed by atoms with E-state index in [4.69, 9.17) is 19.3 Å². The third kappa shape index (κ3) is 21.3. The first-order valence-corrected chi connectivity index (χ1v) is 7.95. The summed E-state index contributed by atoms with van der Waals surface area (Å²) in [6.45, 7) is 11.7. The number of hydrogen-bond donors (Lipinski definition) is 1. The van der Waals surface area contributed by atoms with Crippen LogP contribution >= 0.6 is 0 Å². The number of carbonyl (C=O) groups excluding carboxylic acids is 1. The van der Waals surface area contributed by atoms with Gasteiger partial charge in [-0.1, -0.05) is 0 Å². The van der Waals surface area contributed by atoms with Crippen LogP contribution in [0.1, 0.15) is 34.6 Å². The average molecular weight is 338 g/mol. The summed E-state index contributed by atoms with van der Waals surface area (Å²) in [5.41, 5.74) is 0. The van der Waals surface area contributed by atoms with Gasteiger partial charge in [-0.15, -0.1) is 0 Å². The van der Waals surface area contributed by atoms with Crippen LogP contribution < -0.4 is 0 Å². The van der Waals surface area contributed by atoms with Crippen molar-refractivity contribution >= 4 is 5.97 Å². The van der Waals surface area contributed by atoms with E-state index in [0.717, 1.165) is 0 Å². The summed E-state index contributed by atoms with van der Waals surface area (Å²) in [4.78, 5) is 10.0. The minimum atomic E-state index is -0.262. The quantitative estimate of drug-likeness (QED) is 0.425. The van der Waals surface area contributed by atoms with Crippen LogP contribution in [0, 0.1) is 0 Å². The van der Waals surface area contributed by atoms with E-state index in [1.807, 2.05) is 27.7 Å². The number of aliphatic hydroxyl groups is 1. The van der Waals surface area contributed by atoms with Crippen molar-refractivity contribution in [2.75, 3.05) is 46.8 Å². The number of esters is 1. The first-order valence-electron chi connectivity index (χ1n) is 7.95. The van der Waals surface area contributed by atoms with Gasteiger partial charge in [0, 0.05) is 20.6 Å². The molecule has 1 N–H and O–H groups in total. The Bertz CT molecular complexity index is 261. The molecular formula is C16H34O7. The fourth-order valence-electron chi connectivity index (χ4n) is 1.30. The molecule has 0 radical (unpaired) electrons. The van der Waals surface area contributed by atoms with Crippen molar-refractivity contribution in [3.05, 3.63) is 0 Å². The van der Waals surface area contributed by atoms with Crippen molar-refractivity contribution in [2.45, 2.75) is 52.9 Å². The van der Waals surface area contributed by atoms with E-state index >= 15 is 0 Å². The molecule has 0 aromatic rings. The van der Waals surface area contributed by atoms with Crippen molar-refractivity contribution in [3.8, 4) is 0 Å². The molecule has 0 fully saturated rings. The van der Waals surface area contributed by atoms with Crippen LogP contribution in [0.5, 0.6) is 0 Å². The lowest BCUT2D eigenvalue weighted by Gasteiger charge is -2.18. The third-order valence-electron chi connectivity index (χ3n) is 2.53. The Morgan fingerprint density at radius 1 is 0.957 bits per heavy atom. The Morgan fingerprint density at radius 3 is 1.91 bits per heavy atom. The third-order valence-corrected chi connectivity index (χ3v) is 2.53. The van der Waals surface area contributed by atoms with E-state index in [1.54, 1.807) is 7.11 Å². The normalized spacial score (nSPS) is 14.4. The van der Waals surface area contributed by atoms with E-state index in [-0.39, 0.29) is 30.9 Å². The van der Waals surface area contributed by atoms with E-state index in [2.05, 4.69) is 9.47 Å². The van der Waals surface area contributed by atoms with Gasteiger partial charge in [0.2, 0.25) is 0 Å². The van der Waals surface area contributed by atoms with Crippen molar-refractivity contribution in [3.63, 3.8) is 0 Å². The molecule has 140 valence electrons. The highest BCUT2D eigenvalue weighted by molar-refractivity contribution is 5.65. The monoisotopic (exact) mass is 338 g/mol. The number of rotatable bonds is 12. The Morgan fingerprint density at radius 2 is 1.48 bits per heavy atom. The van der Waals surface area contributed by atoms with Gasteiger partial charge < -0.3 is 28.8 Å². The van der Waals surface area contributed by atoms with E-state index in [9.17, 15) is 4.79 Å². The Labute approximate surface area is 140 Å². The van der Waals surface area contributed by atoms with Crippen LogP contribution in [-0.2, 0) is 28.5 Å². The molecule has 0 aromatic carbocycles. The van der Waals surface area contributed by atoms with E-state index in [0.29, 0.717) is 33.0 Å². The molecule has 0 saturated heterocycles. The van der Waals surface area contributed by atoms with Gasteiger partial charge >= 0.3 is 5.97 Å². The predicted octanol–water partition coefficient (Wildman–Crippen LogP) is 1.41. The molecular weight excluding hydrogens is 304 g/mol. The highest BCUT2D eigenvalue weighted by atomic mass is 16.6. The molecule has 3 unspecified atom stereocenters. The zero-order chi connectivity index (χ0) is 18.1. The summed E-state index contributed by atoms with van der Waals surface area (Å²) >= 11 is 0. The van der Waals surface area contributed by atoms with Crippen LogP contribution in [0.4, 0.5) is 0 Å². The Balaban J connectivity index is 0. The van der Waals surface area contributed by atoms with Gasteiger partial charge in [-0.25, -0.2) is 0 Å². The molecule has 0 aromatic heterocycles. The predicted molar refractivity (Wildman–Crippen MR) is 87.5 cm³/mol. The maximum atomic E-state index is 10.0. The highest BCUT2D eigenvalue weighted by Crippen LogP contribution is 1.99. The number of ether oxygens (including phenoxy) is 5. The molecule has 7 heteroatoms. The maximum absolute atomic E-state index is 10.0. The number of hydrogen-bond acceptors (Lipinski definition) is 7. The molecule has 0 aliphatic heterocycles. The van der Waals surface area contributed by atoms with Crippen LogP contribution in [0.15, 0.2) is 0 Å². The van der Waals surface area contributed by atoms with Gasteiger partial charge in [0.25, 0.3) is 0 Å². The molecule has 0 rings (SSSR count). The van der Waals surface area contributed by atoms with Gasteiger partial charge in [0.15, 0.2) is 0 Å². The molecule has 0 aliphatic carbocycles. The number of aliphatic hydroxyl groups excluding tert-OH is 1. The van der Waals surface area contributed by atoms with Crippen LogP contribution in [0.2, 0.25) is 0 Å². The summed E-state index contributed by atoms with van der Waals surface area (Å²) in [7, 11) is 1.56. The summed E-state index contributed by atoms with van der Waals surface area (Å²) in [6, 6.07) is 0. The fraction of sp³-hybridized carbons (Fsp3) is 0.938. The second-order valence-corrected chi connectivity index (χ2v) is 5.07. The first-order chi connectivity index (χ1) is 10.9. The van der Waals surface area contributed by atoms with Gasteiger partial charge in [-0.2, -0.15) is 0 Å². The fourth-order valence-corrected chi connectivity index (χ4v) is 1.30. The van der Waals surface area contributed by atoms with Crippen LogP contribution in [0.3, 0.4) is 0 Å². The molecule has 23 heavy (non-hydrogen) atoms. The van der Waals surface area contributed by atoms with Gasteiger partial charge in [-0.3, -0.25) is 4.79 Å². The highest BCUT2D eigenvalue weighted by Gasteiger charge is 2.08. The Kier molecular flexibility index (Phi) is 18.8. The van der Waals surface area contributed by atoms with Crippen molar-refractivity contribution in [1.29, 1.82) is 0 Å². The van der Waals surface area contributed by atoms with Gasteiger partial charge in [-0.05, 0) is 27.7 Å². The van der Waals surface area contributed by atoms with Crippen molar-refractivity contribution in [2.24, 2.45) is 0 Å². The second kappa shape index (κ2) is 17.6. The number of carbonyl (C=O) groups is 1. The summed E-state index contributed by atoms with van der Waals surface area (Å²) in [5, 5.41) is 8.75. The molecule has 7 nitrogen and oxygen atoms in total. The van der Waals surface area contributed by atoms with Crippen molar-refractivity contribution < 1.29 is 33.6 Å². The van der Waals surface area contributed by atoms with Crippen molar-refractivity contribution in [1.82, 2.24) is 0 Å². The maximum Gasteiger partial charge on any atom is 0.302 e. The lowest BCUT2D eigenvalue weighted by Crippen LogP contribution is -2.26. The summed E-state index contributed by atoms with van der Waals surface area (Å²) < 4.78 is 25.3. The molecule has 0 aliphatic rings. The lowest BCUT2D eigenvalue weighted by molar-refractivity contribution is -0.142. The standard InChI is InChI=1S/C11H24O4.C5H10O3/c1-5-13-10(3)7-15-11(4)8-14-9(2)6-12;1-5(6)8-4-3-7-2/h9-12H,5-8H2,1-4H3;3-4H2,1-2H3. The summed E-state index contributed by atoms with van der Waals surface area (Å²) in [5.74, 6) is -0.262. The van der Waals surface area contributed by atoms with Gasteiger partial charge in [0.1, 0.15) is 6.61 Å². The first kappa shape index (κ1) is 24.5. The molecule has 0 saturated carbocycles. The summed E-state index contributed by atoms with van der Waals surface area (Å²) in [6.07, 6.45) is 0.0231. The van der Waals surface area contributed by atoms with Crippen LogP contribution in [0.25, 0.3) is 0 Å². The lowest BCUT2D eigenvalue weighted by atomic mass is 10.4. The molecule has 0 bridgehead atoms. The molecule has 0 amide bonds. The van der Waals surface area contributed by atoms with E-state index < -0.39 is 0 Å².